The van der Waals surface area contributed by atoms with E-state index >= 15 is 0 Å². The molecule has 186 valence electrons. The van der Waals surface area contributed by atoms with Crippen LogP contribution in [0.15, 0.2) is 84.4 Å². The van der Waals surface area contributed by atoms with Gasteiger partial charge in [0.15, 0.2) is 0 Å². The van der Waals surface area contributed by atoms with E-state index in [0.29, 0.717) is 17.9 Å². The summed E-state index contributed by atoms with van der Waals surface area (Å²) in [5, 5.41) is 11.4. The summed E-state index contributed by atoms with van der Waals surface area (Å²) in [7, 11) is 3.90. The maximum atomic E-state index is 13.3. The summed E-state index contributed by atoms with van der Waals surface area (Å²) in [6, 6.07) is 23.5. The molecule has 1 fully saturated rings. The number of anilines is 1. The van der Waals surface area contributed by atoms with Crippen molar-refractivity contribution in [3.8, 4) is 5.75 Å². The maximum Gasteiger partial charge on any atom is 0.295 e. The summed E-state index contributed by atoms with van der Waals surface area (Å²) >= 11 is 0. The molecule has 0 bridgehead atoms. The average molecular weight is 485 g/mol. The van der Waals surface area contributed by atoms with Gasteiger partial charge >= 0.3 is 0 Å². The molecule has 0 saturated carbocycles. The van der Waals surface area contributed by atoms with Crippen LogP contribution in [0, 0.1) is 0 Å². The molecule has 6 heteroatoms. The lowest BCUT2D eigenvalue weighted by molar-refractivity contribution is -0.140. The van der Waals surface area contributed by atoms with Crippen molar-refractivity contribution in [2.75, 3.05) is 25.6 Å². The number of aliphatic hydroxyl groups excluding tert-OH is 1. The third-order valence-corrected chi connectivity index (χ3v) is 6.34. The van der Waals surface area contributed by atoms with Crippen molar-refractivity contribution in [3.05, 3.63) is 101 Å². The molecule has 36 heavy (non-hydrogen) atoms. The molecule has 1 heterocycles. The standard InChI is InChI=1S/C30H32N2O4/c1-4-5-18-36-25-13-9-12-23(19-25)28(33)26-27(22-14-16-24(17-15-22)31(2)3)32(30(35)29(26)34)20-21-10-7-6-8-11-21/h6-17,19,27,33H,4-5,18,20H2,1-3H3. The Balaban J connectivity index is 1.79. The van der Waals surface area contributed by atoms with Crippen LogP contribution in [0.3, 0.4) is 0 Å². The molecule has 1 N–H and O–H groups in total. The SMILES string of the molecule is CCCCOc1cccc(C(O)=C2C(=O)C(=O)N(Cc3ccccc3)C2c2ccc(N(C)C)cc2)c1. The Labute approximate surface area is 212 Å². The molecule has 3 aromatic rings. The zero-order chi connectivity index (χ0) is 25.7. The van der Waals surface area contributed by atoms with Gasteiger partial charge in [-0.2, -0.15) is 0 Å². The maximum absolute atomic E-state index is 13.3. The molecular weight excluding hydrogens is 452 g/mol. The molecule has 1 aliphatic heterocycles. The molecule has 1 saturated heterocycles. The van der Waals surface area contributed by atoms with Gasteiger partial charge in [-0.25, -0.2) is 0 Å². The number of hydrogen-bond acceptors (Lipinski definition) is 5. The predicted molar refractivity (Wildman–Crippen MR) is 142 cm³/mol. The number of amides is 1. The van der Waals surface area contributed by atoms with Crippen LogP contribution in [0.2, 0.25) is 0 Å². The fraction of sp³-hybridized carbons (Fsp3) is 0.267. The van der Waals surface area contributed by atoms with Crippen molar-refractivity contribution in [2.24, 2.45) is 0 Å². The number of aliphatic hydroxyl groups is 1. The van der Waals surface area contributed by atoms with Gasteiger partial charge in [0, 0.05) is 31.9 Å². The van der Waals surface area contributed by atoms with Gasteiger partial charge < -0.3 is 19.6 Å². The summed E-state index contributed by atoms with van der Waals surface area (Å²) in [5.41, 5.74) is 3.18. The van der Waals surface area contributed by atoms with E-state index in [1.54, 1.807) is 18.2 Å². The fourth-order valence-corrected chi connectivity index (χ4v) is 4.35. The number of carbonyl (C=O) groups excluding carboxylic acids is 2. The van der Waals surface area contributed by atoms with Gasteiger partial charge in [0.1, 0.15) is 11.5 Å². The Morgan fingerprint density at radius 1 is 0.972 bits per heavy atom. The normalized spacial score (nSPS) is 16.9. The molecule has 6 nitrogen and oxygen atoms in total. The highest BCUT2D eigenvalue weighted by atomic mass is 16.5. The molecular formula is C30H32N2O4. The number of unbranched alkanes of at least 4 members (excludes halogenated alkanes) is 1. The van der Waals surface area contributed by atoms with Gasteiger partial charge in [0.2, 0.25) is 0 Å². The molecule has 1 atom stereocenters. The minimum absolute atomic E-state index is 0.0826. The van der Waals surface area contributed by atoms with Gasteiger partial charge in [-0.3, -0.25) is 9.59 Å². The van der Waals surface area contributed by atoms with Crippen molar-refractivity contribution in [1.82, 2.24) is 4.90 Å². The minimum atomic E-state index is -0.717. The highest BCUT2D eigenvalue weighted by molar-refractivity contribution is 6.46. The number of nitrogens with zero attached hydrogens (tertiary/aromatic N) is 2. The lowest BCUT2D eigenvalue weighted by atomic mass is 9.95. The van der Waals surface area contributed by atoms with Crippen LogP contribution in [0.1, 0.15) is 42.5 Å². The van der Waals surface area contributed by atoms with Crippen molar-refractivity contribution < 1.29 is 19.4 Å². The van der Waals surface area contributed by atoms with E-state index in [0.717, 1.165) is 29.7 Å². The van der Waals surface area contributed by atoms with Crippen LogP contribution in [0.4, 0.5) is 5.69 Å². The van der Waals surface area contributed by atoms with Gasteiger partial charge in [-0.05, 0) is 41.8 Å². The molecule has 3 aromatic carbocycles. The van der Waals surface area contributed by atoms with E-state index < -0.39 is 17.7 Å². The summed E-state index contributed by atoms with van der Waals surface area (Å²) < 4.78 is 5.79. The Morgan fingerprint density at radius 3 is 2.36 bits per heavy atom. The molecule has 1 amide bonds. The second-order valence-corrected chi connectivity index (χ2v) is 9.13. The average Bonchev–Trinajstić information content (AvgIpc) is 3.14. The van der Waals surface area contributed by atoms with Crippen molar-refractivity contribution in [3.63, 3.8) is 0 Å². The minimum Gasteiger partial charge on any atom is -0.507 e. The first-order valence-electron chi connectivity index (χ1n) is 12.2. The molecule has 0 radical (unpaired) electrons. The quantitative estimate of drug-likeness (QED) is 0.187. The molecule has 0 aliphatic carbocycles. The van der Waals surface area contributed by atoms with E-state index in [1.165, 1.54) is 4.90 Å². The van der Waals surface area contributed by atoms with E-state index in [1.807, 2.05) is 79.7 Å². The van der Waals surface area contributed by atoms with Crippen LogP contribution in [0.25, 0.3) is 5.76 Å². The van der Waals surface area contributed by atoms with E-state index in [-0.39, 0.29) is 17.9 Å². The second kappa shape index (κ2) is 11.1. The first kappa shape index (κ1) is 25.0. The third kappa shape index (κ3) is 5.28. The third-order valence-electron chi connectivity index (χ3n) is 6.34. The smallest absolute Gasteiger partial charge is 0.295 e. The van der Waals surface area contributed by atoms with Crippen LogP contribution in [0.5, 0.6) is 5.75 Å². The summed E-state index contributed by atoms with van der Waals surface area (Å²) in [5.74, 6) is -0.913. The summed E-state index contributed by atoms with van der Waals surface area (Å²) in [6.45, 7) is 2.91. The van der Waals surface area contributed by atoms with Crippen molar-refractivity contribution in [1.29, 1.82) is 0 Å². The zero-order valence-corrected chi connectivity index (χ0v) is 21.0. The van der Waals surface area contributed by atoms with Crippen molar-refractivity contribution in [2.45, 2.75) is 32.4 Å². The first-order valence-corrected chi connectivity index (χ1v) is 12.2. The van der Waals surface area contributed by atoms with Gasteiger partial charge in [-0.15, -0.1) is 0 Å². The van der Waals surface area contributed by atoms with Gasteiger partial charge in [0.05, 0.1) is 18.2 Å². The first-order chi connectivity index (χ1) is 17.4. The predicted octanol–water partition coefficient (Wildman–Crippen LogP) is 5.55. The topological polar surface area (TPSA) is 70.1 Å². The molecule has 0 spiro atoms. The second-order valence-electron chi connectivity index (χ2n) is 9.13. The Hall–Kier alpha value is -4.06. The number of ether oxygens (including phenoxy) is 1. The number of ketones is 1. The van der Waals surface area contributed by atoms with Crippen LogP contribution >= 0.6 is 0 Å². The van der Waals surface area contributed by atoms with E-state index in [9.17, 15) is 14.7 Å². The number of hydrogen-bond donors (Lipinski definition) is 1. The number of Topliss-reactive ketones (excluding diaryl/α,β-unsaturated/α-hetero) is 1. The fourth-order valence-electron chi connectivity index (χ4n) is 4.35. The van der Waals surface area contributed by atoms with Crippen LogP contribution in [-0.2, 0) is 16.1 Å². The zero-order valence-electron chi connectivity index (χ0n) is 21.0. The highest BCUT2D eigenvalue weighted by Gasteiger charge is 2.46. The lowest BCUT2D eigenvalue weighted by Gasteiger charge is -2.26. The highest BCUT2D eigenvalue weighted by Crippen LogP contribution is 2.41. The number of benzene rings is 3. The van der Waals surface area contributed by atoms with Crippen LogP contribution < -0.4 is 9.64 Å². The Morgan fingerprint density at radius 2 is 1.69 bits per heavy atom. The molecule has 1 unspecified atom stereocenters. The number of likely N-dealkylation sites (tertiary alicyclic amines) is 1. The van der Waals surface area contributed by atoms with Gasteiger partial charge in [0.25, 0.3) is 11.7 Å². The monoisotopic (exact) mass is 484 g/mol. The molecule has 0 aromatic heterocycles. The Kier molecular flexibility index (Phi) is 7.74. The molecule has 4 rings (SSSR count). The number of carbonyl (C=O) groups is 2. The summed E-state index contributed by atoms with van der Waals surface area (Å²) in [4.78, 5) is 30.1. The largest absolute Gasteiger partial charge is 0.507 e. The lowest BCUT2D eigenvalue weighted by Crippen LogP contribution is -2.29. The van der Waals surface area contributed by atoms with Gasteiger partial charge in [-0.1, -0.05) is 67.9 Å². The Bertz CT molecular complexity index is 1250. The van der Waals surface area contributed by atoms with E-state index in [4.69, 9.17) is 4.74 Å². The van der Waals surface area contributed by atoms with Crippen LogP contribution in [-0.4, -0.2) is 42.4 Å². The van der Waals surface area contributed by atoms with E-state index in [2.05, 4.69) is 6.92 Å². The number of rotatable bonds is 9. The molecule has 1 aliphatic rings. The summed E-state index contributed by atoms with van der Waals surface area (Å²) in [6.07, 6.45) is 1.93. The van der Waals surface area contributed by atoms with Crippen molar-refractivity contribution >= 4 is 23.1 Å².